The monoisotopic (exact) mass is 288 g/mol. The molecule has 0 spiro atoms. The van der Waals surface area contributed by atoms with E-state index in [9.17, 15) is 4.79 Å². The van der Waals surface area contributed by atoms with E-state index in [0.29, 0.717) is 12.5 Å². The second kappa shape index (κ2) is 7.16. The zero-order chi connectivity index (χ0) is 15.2. The van der Waals surface area contributed by atoms with Gasteiger partial charge in [0.1, 0.15) is 11.3 Å². The Morgan fingerprint density at radius 1 is 1.24 bits per heavy atom. The molecule has 0 aliphatic heterocycles. The Bertz CT molecular complexity index is 556. The van der Waals surface area contributed by atoms with Gasteiger partial charge in [-0.1, -0.05) is 32.0 Å². The highest BCUT2D eigenvalue weighted by atomic mass is 16.3. The highest BCUT2D eigenvalue weighted by Crippen LogP contribution is 2.23. The fourth-order valence-electron chi connectivity index (χ4n) is 2.25. The van der Waals surface area contributed by atoms with Gasteiger partial charge in [0.05, 0.1) is 6.04 Å². The average Bonchev–Trinajstić information content (AvgIpc) is 2.87. The Balaban J connectivity index is 1.83. The molecule has 1 aromatic heterocycles. The normalized spacial score (nSPS) is 12.6. The van der Waals surface area contributed by atoms with Crippen molar-refractivity contribution in [1.82, 2.24) is 10.6 Å². The Kier molecular flexibility index (Phi) is 5.26. The molecule has 4 nitrogen and oxygen atoms in total. The van der Waals surface area contributed by atoms with Crippen molar-refractivity contribution in [3.8, 4) is 0 Å². The minimum absolute atomic E-state index is 0.147. The summed E-state index contributed by atoms with van der Waals surface area (Å²) >= 11 is 0. The highest BCUT2D eigenvalue weighted by Gasteiger charge is 2.13. The van der Waals surface area contributed by atoms with Crippen LogP contribution in [0.3, 0.4) is 0 Å². The van der Waals surface area contributed by atoms with Crippen molar-refractivity contribution in [2.75, 3.05) is 6.54 Å². The summed E-state index contributed by atoms with van der Waals surface area (Å²) < 4.78 is 5.75. The van der Waals surface area contributed by atoms with E-state index in [0.717, 1.165) is 29.6 Å². The summed E-state index contributed by atoms with van der Waals surface area (Å²) in [7, 11) is 0. The van der Waals surface area contributed by atoms with Gasteiger partial charge in [-0.2, -0.15) is 0 Å². The fourth-order valence-corrected chi connectivity index (χ4v) is 2.25. The molecule has 1 aromatic carbocycles. The SMILES string of the molecule is CC(C)CCCNC(=O)NC(C)c1cc2ccccc2o1. The standard InChI is InChI=1S/C17H24N2O2/c1-12(2)7-6-10-18-17(20)19-13(3)16-11-14-8-4-5-9-15(14)21-16/h4-5,8-9,11-13H,6-7,10H2,1-3H3,(H2,18,19,20). The molecular formula is C17H24N2O2. The minimum Gasteiger partial charge on any atom is -0.459 e. The summed E-state index contributed by atoms with van der Waals surface area (Å²) in [5, 5.41) is 6.84. The van der Waals surface area contributed by atoms with Crippen LogP contribution in [0.5, 0.6) is 0 Å². The van der Waals surface area contributed by atoms with Crippen LogP contribution in [-0.4, -0.2) is 12.6 Å². The van der Waals surface area contributed by atoms with Gasteiger partial charge in [-0.3, -0.25) is 0 Å². The van der Waals surface area contributed by atoms with Crippen molar-refractivity contribution in [2.45, 2.75) is 39.7 Å². The molecule has 0 aliphatic carbocycles. The first kappa shape index (κ1) is 15.4. The van der Waals surface area contributed by atoms with E-state index >= 15 is 0 Å². The van der Waals surface area contributed by atoms with E-state index in [2.05, 4.69) is 24.5 Å². The van der Waals surface area contributed by atoms with Crippen molar-refractivity contribution >= 4 is 17.0 Å². The molecule has 0 saturated carbocycles. The van der Waals surface area contributed by atoms with Crippen LogP contribution >= 0.6 is 0 Å². The van der Waals surface area contributed by atoms with Gasteiger partial charge in [0.15, 0.2) is 0 Å². The predicted molar refractivity (Wildman–Crippen MR) is 85.2 cm³/mol. The van der Waals surface area contributed by atoms with E-state index in [1.807, 2.05) is 37.3 Å². The Morgan fingerprint density at radius 3 is 2.71 bits per heavy atom. The van der Waals surface area contributed by atoms with Gasteiger partial charge >= 0.3 is 6.03 Å². The van der Waals surface area contributed by atoms with Crippen LogP contribution in [0.25, 0.3) is 11.0 Å². The Morgan fingerprint density at radius 2 is 2.00 bits per heavy atom. The summed E-state index contributed by atoms with van der Waals surface area (Å²) in [4.78, 5) is 11.8. The van der Waals surface area contributed by atoms with E-state index in [-0.39, 0.29) is 12.1 Å². The van der Waals surface area contributed by atoms with Gasteiger partial charge in [0.25, 0.3) is 0 Å². The van der Waals surface area contributed by atoms with Crippen LogP contribution < -0.4 is 10.6 Å². The molecule has 2 N–H and O–H groups in total. The number of carbonyl (C=O) groups is 1. The van der Waals surface area contributed by atoms with Crippen molar-refractivity contribution in [1.29, 1.82) is 0 Å². The summed E-state index contributed by atoms with van der Waals surface area (Å²) in [5.41, 5.74) is 0.846. The smallest absolute Gasteiger partial charge is 0.315 e. The van der Waals surface area contributed by atoms with Gasteiger partial charge in [-0.15, -0.1) is 0 Å². The number of hydrogen-bond acceptors (Lipinski definition) is 2. The van der Waals surface area contributed by atoms with E-state index in [4.69, 9.17) is 4.42 Å². The topological polar surface area (TPSA) is 54.3 Å². The fraction of sp³-hybridized carbons (Fsp3) is 0.471. The summed E-state index contributed by atoms with van der Waals surface area (Å²) in [6, 6.07) is 9.52. The van der Waals surface area contributed by atoms with Crippen molar-refractivity contribution in [3.63, 3.8) is 0 Å². The van der Waals surface area contributed by atoms with Crippen molar-refractivity contribution < 1.29 is 9.21 Å². The quantitative estimate of drug-likeness (QED) is 0.782. The summed E-state index contributed by atoms with van der Waals surface area (Å²) in [6.07, 6.45) is 2.13. The lowest BCUT2D eigenvalue weighted by Crippen LogP contribution is -2.37. The van der Waals surface area contributed by atoms with E-state index < -0.39 is 0 Å². The number of urea groups is 1. The van der Waals surface area contributed by atoms with Crippen LogP contribution in [0.2, 0.25) is 0 Å². The maximum Gasteiger partial charge on any atom is 0.315 e. The van der Waals surface area contributed by atoms with Gasteiger partial charge in [0, 0.05) is 11.9 Å². The number of nitrogens with one attached hydrogen (secondary N) is 2. The van der Waals surface area contributed by atoms with Crippen LogP contribution in [0.15, 0.2) is 34.7 Å². The Hall–Kier alpha value is -1.97. The average molecular weight is 288 g/mol. The number of fused-ring (bicyclic) bond motifs is 1. The first-order chi connectivity index (χ1) is 10.1. The third-order valence-corrected chi connectivity index (χ3v) is 3.46. The number of para-hydroxylation sites is 1. The lowest BCUT2D eigenvalue weighted by Gasteiger charge is -2.12. The third-order valence-electron chi connectivity index (χ3n) is 3.46. The van der Waals surface area contributed by atoms with Gasteiger partial charge in [-0.25, -0.2) is 4.79 Å². The van der Waals surface area contributed by atoms with Crippen LogP contribution in [0.1, 0.15) is 45.4 Å². The molecule has 114 valence electrons. The first-order valence-electron chi connectivity index (χ1n) is 7.59. The maximum atomic E-state index is 11.8. The van der Waals surface area contributed by atoms with Gasteiger partial charge < -0.3 is 15.1 Å². The molecule has 1 atom stereocenters. The van der Waals surface area contributed by atoms with Crippen LogP contribution in [0, 0.1) is 5.92 Å². The zero-order valence-corrected chi connectivity index (χ0v) is 13.0. The maximum absolute atomic E-state index is 11.8. The minimum atomic E-state index is -0.150. The predicted octanol–water partition coefficient (Wildman–Crippen LogP) is 4.23. The molecule has 2 amide bonds. The van der Waals surface area contributed by atoms with Crippen LogP contribution in [-0.2, 0) is 0 Å². The summed E-state index contributed by atoms with van der Waals surface area (Å²) in [5.74, 6) is 1.44. The number of benzene rings is 1. The number of carbonyl (C=O) groups excluding carboxylic acids is 1. The van der Waals surface area contributed by atoms with E-state index in [1.54, 1.807) is 0 Å². The molecule has 21 heavy (non-hydrogen) atoms. The molecule has 2 aromatic rings. The number of rotatable bonds is 6. The van der Waals surface area contributed by atoms with Gasteiger partial charge in [-0.05, 0) is 37.8 Å². The molecule has 0 radical (unpaired) electrons. The number of hydrogen-bond donors (Lipinski definition) is 2. The zero-order valence-electron chi connectivity index (χ0n) is 13.0. The van der Waals surface area contributed by atoms with E-state index in [1.165, 1.54) is 0 Å². The van der Waals surface area contributed by atoms with Crippen LogP contribution in [0.4, 0.5) is 4.79 Å². The largest absolute Gasteiger partial charge is 0.459 e. The molecule has 1 heterocycles. The Labute approximate surface area is 125 Å². The highest BCUT2D eigenvalue weighted by molar-refractivity contribution is 5.78. The molecule has 0 bridgehead atoms. The van der Waals surface area contributed by atoms with Crippen molar-refractivity contribution in [3.05, 3.63) is 36.1 Å². The molecular weight excluding hydrogens is 264 g/mol. The molecule has 0 saturated heterocycles. The molecule has 4 heteroatoms. The first-order valence-corrected chi connectivity index (χ1v) is 7.59. The molecule has 0 fully saturated rings. The lowest BCUT2D eigenvalue weighted by atomic mass is 10.1. The third kappa shape index (κ3) is 4.52. The van der Waals surface area contributed by atoms with Gasteiger partial charge in [0.2, 0.25) is 0 Å². The molecule has 1 unspecified atom stereocenters. The summed E-state index contributed by atoms with van der Waals surface area (Å²) in [6.45, 7) is 7.00. The second-order valence-electron chi connectivity index (χ2n) is 5.84. The number of furan rings is 1. The number of amides is 2. The second-order valence-corrected chi connectivity index (χ2v) is 5.84. The lowest BCUT2D eigenvalue weighted by molar-refractivity contribution is 0.236. The molecule has 2 rings (SSSR count). The molecule has 0 aliphatic rings. The van der Waals surface area contributed by atoms with Crippen molar-refractivity contribution in [2.24, 2.45) is 5.92 Å².